The Morgan fingerprint density at radius 2 is 2.14 bits per heavy atom. The predicted octanol–water partition coefficient (Wildman–Crippen LogP) is 3.41. The van der Waals surface area contributed by atoms with Crippen molar-refractivity contribution in [2.45, 2.75) is 38.3 Å². The molecule has 0 bridgehead atoms. The zero-order valence-electron chi connectivity index (χ0n) is 12.1. The summed E-state index contributed by atoms with van der Waals surface area (Å²) in [5.74, 6) is 0.802. The molecule has 0 radical (unpaired) electrons. The maximum atomic E-state index is 13.4. The summed E-state index contributed by atoms with van der Waals surface area (Å²) in [5.41, 5.74) is 0. The van der Waals surface area contributed by atoms with Crippen molar-refractivity contribution in [2.75, 3.05) is 6.54 Å². The first-order chi connectivity index (χ1) is 10.3. The lowest BCUT2D eigenvalue weighted by atomic mass is 10.1. The molecule has 120 valence electrons. The smallest absolute Gasteiger partial charge is 0.264 e. The molecule has 1 N–H and O–H groups in total. The van der Waals surface area contributed by atoms with Crippen molar-refractivity contribution in [3.8, 4) is 5.75 Å². The van der Waals surface area contributed by atoms with Crippen LogP contribution >= 0.6 is 12.4 Å². The Labute approximate surface area is 134 Å². The molecule has 2 aromatic rings. The highest BCUT2D eigenvalue weighted by Crippen LogP contribution is 2.21. The quantitative estimate of drug-likeness (QED) is 0.932. The zero-order chi connectivity index (χ0) is 14.5. The molecule has 0 saturated carbocycles. The lowest BCUT2D eigenvalue weighted by molar-refractivity contribution is 0.233. The van der Waals surface area contributed by atoms with Crippen LogP contribution in [0, 0.1) is 5.82 Å². The Morgan fingerprint density at radius 3 is 3.00 bits per heavy atom. The molecule has 1 atom stereocenters. The van der Waals surface area contributed by atoms with Crippen molar-refractivity contribution < 1.29 is 13.7 Å². The van der Waals surface area contributed by atoms with Crippen molar-refractivity contribution >= 4 is 12.4 Å². The van der Waals surface area contributed by atoms with E-state index in [1.54, 1.807) is 18.2 Å². The van der Waals surface area contributed by atoms with Gasteiger partial charge in [-0.2, -0.15) is 4.98 Å². The molecule has 1 aliphatic rings. The number of hydrogen-bond acceptors (Lipinski definition) is 5. The number of ether oxygens (including phenoxy) is 1. The van der Waals surface area contributed by atoms with Gasteiger partial charge in [0, 0.05) is 0 Å². The van der Waals surface area contributed by atoms with Gasteiger partial charge in [-0.05, 0) is 31.5 Å². The normalized spacial score (nSPS) is 18.3. The van der Waals surface area contributed by atoms with Crippen molar-refractivity contribution in [2.24, 2.45) is 0 Å². The van der Waals surface area contributed by atoms with Gasteiger partial charge in [-0.3, -0.25) is 0 Å². The fourth-order valence-corrected chi connectivity index (χ4v) is 2.42. The predicted molar refractivity (Wildman–Crippen MR) is 81.5 cm³/mol. The number of hydrogen-bond donors (Lipinski definition) is 1. The van der Waals surface area contributed by atoms with Gasteiger partial charge >= 0.3 is 0 Å². The second kappa shape index (κ2) is 8.10. The van der Waals surface area contributed by atoms with Gasteiger partial charge in [0.05, 0.1) is 6.04 Å². The molecule has 0 spiro atoms. The Morgan fingerprint density at radius 1 is 1.27 bits per heavy atom. The molecule has 1 unspecified atom stereocenters. The number of halogens is 2. The monoisotopic (exact) mass is 327 g/mol. The van der Waals surface area contributed by atoms with E-state index >= 15 is 0 Å². The first-order valence-electron chi connectivity index (χ1n) is 7.26. The number of aromatic nitrogens is 2. The van der Waals surface area contributed by atoms with Crippen LogP contribution in [0.1, 0.15) is 43.4 Å². The fourth-order valence-electron chi connectivity index (χ4n) is 2.42. The summed E-state index contributed by atoms with van der Waals surface area (Å²) in [5, 5.41) is 7.40. The summed E-state index contributed by atoms with van der Waals surface area (Å²) in [6.45, 7) is 1.04. The summed E-state index contributed by atoms with van der Waals surface area (Å²) < 4.78 is 24.0. The maximum absolute atomic E-state index is 13.4. The van der Waals surface area contributed by atoms with Crippen molar-refractivity contribution in [3.05, 3.63) is 41.8 Å². The molecule has 1 saturated heterocycles. The van der Waals surface area contributed by atoms with Crippen molar-refractivity contribution in [3.63, 3.8) is 0 Å². The van der Waals surface area contributed by atoms with Crippen LogP contribution in [0.3, 0.4) is 0 Å². The lowest BCUT2D eigenvalue weighted by Crippen LogP contribution is -2.21. The average molecular weight is 328 g/mol. The number of benzene rings is 1. The van der Waals surface area contributed by atoms with Crippen LogP contribution in [0.15, 0.2) is 28.8 Å². The highest BCUT2D eigenvalue weighted by atomic mass is 35.5. The van der Waals surface area contributed by atoms with Gasteiger partial charge in [-0.15, -0.1) is 12.4 Å². The molecular weight excluding hydrogens is 309 g/mol. The minimum atomic E-state index is -0.400. The third-order valence-corrected chi connectivity index (χ3v) is 3.54. The number of nitrogens with zero attached hydrogens (tertiary/aromatic N) is 2. The summed E-state index contributed by atoms with van der Waals surface area (Å²) in [6.07, 6.45) is 4.57. The van der Waals surface area contributed by atoms with E-state index in [2.05, 4.69) is 15.5 Å². The first-order valence-corrected chi connectivity index (χ1v) is 7.26. The molecule has 5 nitrogen and oxygen atoms in total. The van der Waals surface area contributed by atoms with Crippen LogP contribution < -0.4 is 10.1 Å². The van der Waals surface area contributed by atoms with E-state index in [-0.39, 0.29) is 30.8 Å². The van der Waals surface area contributed by atoms with E-state index < -0.39 is 5.82 Å². The van der Waals surface area contributed by atoms with Gasteiger partial charge in [0.25, 0.3) is 5.89 Å². The SMILES string of the molecule is Cl.Fc1ccccc1OCc1nc(C2CCCCCN2)no1. The van der Waals surface area contributed by atoms with Crippen LogP contribution in [0.5, 0.6) is 5.75 Å². The molecule has 1 aliphatic heterocycles. The lowest BCUT2D eigenvalue weighted by Gasteiger charge is -2.09. The second-order valence-electron chi connectivity index (χ2n) is 5.12. The number of rotatable bonds is 4. The molecular formula is C15H19ClFN3O2. The average Bonchev–Trinajstić information content (AvgIpc) is 2.80. The molecule has 3 rings (SSSR count). The molecule has 7 heteroatoms. The van der Waals surface area contributed by atoms with Crippen molar-refractivity contribution in [1.82, 2.24) is 15.5 Å². The van der Waals surface area contributed by atoms with Gasteiger partial charge in [-0.1, -0.05) is 30.1 Å². The molecule has 1 aromatic carbocycles. The molecule has 1 fully saturated rings. The van der Waals surface area contributed by atoms with E-state index in [9.17, 15) is 4.39 Å². The Bertz CT molecular complexity index is 586. The zero-order valence-corrected chi connectivity index (χ0v) is 12.9. The van der Waals surface area contributed by atoms with E-state index in [1.165, 1.54) is 18.9 Å². The van der Waals surface area contributed by atoms with E-state index in [4.69, 9.17) is 9.26 Å². The molecule has 0 amide bonds. The standard InChI is InChI=1S/C15H18FN3O2.ClH/c16-11-6-3-4-8-13(11)20-10-14-18-15(19-21-14)12-7-2-1-5-9-17-12;/h3-4,6,8,12,17H,1-2,5,7,9-10H2;1H. The topological polar surface area (TPSA) is 60.2 Å². The van der Waals surface area contributed by atoms with Crippen LogP contribution in [-0.4, -0.2) is 16.7 Å². The van der Waals surface area contributed by atoms with Gasteiger partial charge in [0.2, 0.25) is 0 Å². The third-order valence-electron chi connectivity index (χ3n) is 3.54. The highest BCUT2D eigenvalue weighted by molar-refractivity contribution is 5.85. The van der Waals surface area contributed by atoms with Gasteiger partial charge in [0.15, 0.2) is 24.0 Å². The molecule has 1 aromatic heterocycles. The van der Waals surface area contributed by atoms with Gasteiger partial charge in [0.1, 0.15) is 0 Å². The maximum Gasteiger partial charge on any atom is 0.264 e. The Hall–Kier alpha value is -1.66. The summed E-state index contributed by atoms with van der Waals surface area (Å²) >= 11 is 0. The van der Waals surface area contributed by atoms with Crippen molar-refractivity contribution in [1.29, 1.82) is 0 Å². The van der Waals surface area contributed by atoms with E-state index in [0.29, 0.717) is 11.7 Å². The minimum absolute atomic E-state index is 0. The summed E-state index contributed by atoms with van der Waals surface area (Å²) in [4.78, 5) is 4.33. The number of nitrogens with one attached hydrogen (secondary N) is 1. The van der Waals surface area contributed by atoms with Crippen LogP contribution in [0.4, 0.5) is 4.39 Å². The molecule has 0 aliphatic carbocycles. The highest BCUT2D eigenvalue weighted by Gasteiger charge is 2.19. The van der Waals surface area contributed by atoms with E-state index in [1.807, 2.05) is 0 Å². The molecule has 2 heterocycles. The molecule has 22 heavy (non-hydrogen) atoms. The Balaban J connectivity index is 0.00000176. The van der Waals surface area contributed by atoms with E-state index in [0.717, 1.165) is 19.4 Å². The second-order valence-corrected chi connectivity index (χ2v) is 5.12. The van der Waals surface area contributed by atoms with Crippen LogP contribution in [0.2, 0.25) is 0 Å². The number of para-hydroxylation sites is 1. The van der Waals surface area contributed by atoms with Gasteiger partial charge < -0.3 is 14.6 Å². The largest absolute Gasteiger partial charge is 0.481 e. The summed E-state index contributed by atoms with van der Waals surface area (Å²) in [6, 6.07) is 6.39. The Kier molecular flexibility index (Phi) is 6.15. The van der Waals surface area contributed by atoms with Crippen LogP contribution in [0.25, 0.3) is 0 Å². The first kappa shape index (κ1) is 16.7. The third kappa shape index (κ3) is 4.18. The fraction of sp³-hybridized carbons (Fsp3) is 0.467. The minimum Gasteiger partial charge on any atom is -0.481 e. The summed E-state index contributed by atoms with van der Waals surface area (Å²) in [7, 11) is 0. The van der Waals surface area contributed by atoms with Crippen LogP contribution in [-0.2, 0) is 6.61 Å². The van der Waals surface area contributed by atoms with Gasteiger partial charge in [-0.25, -0.2) is 4.39 Å².